The second-order valence-electron chi connectivity index (χ2n) is 6.73. The first kappa shape index (κ1) is 14.4. The van der Waals surface area contributed by atoms with E-state index < -0.39 is 5.54 Å². The second-order valence-corrected chi connectivity index (χ2v) is 6.73. The van der Waals surface area contributed by atoms with Crippen LogP contribution < -0.4 is 5.32 Å². The van der Waals surface area contributed by atoms with E-state index >= 15 is 0 Å². The van der Waals surface area contributed by atoms with Crippen molar-refractivity contribution in [2.45, 2.75) is 64.8 Å². The van der Waals surface area contributed by atoms with Gasteiger partial charge >= 0.3 is 0 Å². The van der Waals surface area contributed by atoms with Crippen molar-refractivity contribution in [3.8, 4) is 0 Å². The lowest BCUT2D eigenvalue weighted by atomic mass is 9.87. The van der Waals surface area contributed by atoms with Crippen LogP contribution in [0.2, 0.25) is 0 Å². The number of nitrogens with zero attached hydrogens (tertiary/aromatic N) is 1. The number of hydrogen-bond acceptors (Lipinski definition) is 2. The Morgan fingerprint density at radius 3 is 2.42 bits per heavy atom. The lowest BCUT2D eigenvalue weighted by molar-refractivity contribution is -0.139. The summed E-state index contributed by atoms with van der Waals surface area (Å²) in [5.41, 5.74) is -0.472. The zero-order chi connectivity index (χ0) is 14.1. The van der Waals surface area contributed by atoms with E-state index in [0.29, 0.717) is 19.4 Å². The second kappa shape index (κ2) is 5.14. The topological polar surface area (TPSA) is 49.4 Å². The molecular formula is C15H26N2O2. The third kappa shape index (κ3) is 2.93. The van der Waals surface area contributed by atoms with Gasteiger partial charge in [0.1, 0.15) is 5.54 Å². The minimum atomic E-state index is -0.720. The maximum atomic E-state index is 12.7. The van der Waals surface area contributed by atoms with Crippen LogP contribution in [-0.4, -0.2) is 35.3 Å². The van der Waals surface area contributed by atoms with E-state index in [-0.39, 0.29) is 17.2 Å². The molecule has 0 bridgehead atoms. The van der Waals surface area contributed by atoms with Gasteiger partial charge in [0.25, 0.3) is 0 Å². The van der Waals surface area contributed by atoms with Crippen molar-refractivity contribution >= 4 is 11.8 Å². The molecule has 19 heavy (non-hydrogen) atoms. The Morgan fingerprint density at radius 2 is 1.84 bits per heavy atom. The van der Waals surface area contributed by atoms with E-state index in [1.165, 1.54) is 25.7 Å². The summed E-state index contributed by atoms with van der Waals surface area (Å²) in [4.78, 5) is 26.4. The number of rotatable bonds is 3. The Kier molecular flexibility index (Phi) is 3.88. The van der Waals surface area contributed by atoms with Crippen LogP contribution in [0.1, 0.15) is 59.3 Å². The van der Waals surface area contributed by atoms with Crippen LogP contribution in [0.5, 0.6) is 0 Å². The van der Waals surface area contributed by atoms with Gasteiger partial charge in [-0.25, -0.2) is 0 Å². The number of hydrogen-bond donors (Lipinski definition) is 1. The molecule has 0 radical (unpaired) electrons. The van der Waals surface area contributed by atoms with Crippen molar-refractivity contribution in [1.82, 2.24) is 10.2 Å². The van der Waals surface area contributed by atoms with Gasteiger partial charge in [-0.2, -0.15) is 0 Å². The Morgan fingerprint density at radius 1 is 1.21 bits per heavy atom. The molecule has 1 saturated carbocycles. The highest BCUT2D eigenvalue weighted by molar-refractivity contribution is 5.93. The highest BCUT2D eigenvalue weighted by atomic mass is 16.2. The predicted molar refractivity (Wildman–Crippen MR) is 74.6 cm³/mol. The van der Waals surface area contributed by atoms with Gasteiger partial charge in [0.15, 0.2) is 0 Å². The Balaban J connectivity index is 2.14. The molecular weight excluding hydrogens is 240 g/mol. The van der Waals surface area contributed by atoms with E-state index in [1.807, 2.05) is 18.7 Å². The van der Waals surface area contributed by atoms with E-state index in [0.717, 1.165) is 6.54 Å². The van der Waals surface area contributed by atoms with E-state index in [9.17, 15) is 9.59 Å². The first-order chi connectivity index (χ1) is 8.88. The van der Waals surface area contributed by atoms with Crippen LogP contribution in [0, 0.1) is 5.41 Å². The van der Waals surface area contributed by atoms with Crippen molar-refractivity contribution in [3.05, 3.63) is 0 Å². The lowest BCUT2D eigenvalue weighted by Gasteiger charge is -2.36. The maximum Gasteiger partial charge on any atom is 0.248 e. The molecule has 108 valence electrons. The third-order valence-electron chi connectivity index (χ3n) is 4.87. The van der Waals surface area contributed by atoms with E-state index in [2.05, 4.69) is 12.2 Å². The zero-order valence-corrected chi connectivity index (χ0v) is 12.4. The standard InChI is InChI=1S/C15H26N2O2/c1-4-15(3)13(19)17(10-7-12(18)16-15)11-14(2)8-5-6-9-14/h4-11H2,1-3H3,(H,16,18). The summed E-state index contributed by atoms with van der Waals surface area (Å²) in [5.74, 6) is 0.0887. The van der Waals surface area contributed by atoms with Crippen molar-refractivity contribution in [2.75, 3.05) is 13.1 Å². The van der Waals surface area contributed by atoms with Crippen LogP contribution in [0.4, 0.5) is 0 Å². The molecule has 0 aromatic heterocycles. The Labute approximate surface area is 115 Å². The van der Waals surface area contributed by atoms with Gasteiger partial charge in [0.05, 0.1) is 0 Å². The summed E-state index contributed by atoms with van der Waals surface area (Å²) in [7, 11) is 0. The summed E-state index contributed by atoms with van der Waals surface area (Å²) in [6, 6.07) is 0. The largest absolute Gasteiger partial charge is 0.342 e. The molecule has 1 heterocycles. The van der Waals surface area contributed by atoms with Crippen LogP contribution >= 0.6 is 0 Å². The average Bonchev–Trinajstić information content (AvgIpc) is 2.76. The number of amides is 2. The highest BCUT2D eigenvalue weighted by Gasteiger charge is 2.41. The van der Waals surface area contributed by atoms with Crippen LogP contribution in [0.15, 0.2) is 0 Å². The minimum Gasteiger partial charge on any atom is -0.342 e. The quantitative estimate of drug-likeness (QED) is 0.850. The van der Waals surface area contributed by atoms with Gasteiger partial charge in [0, 0.05) is 19.5 Å². The molecule has 1 aliphatic heterocycles. The summed E-state index contributed by atoms with van der Waals surface area (Å²) in [6.07, 6.45) is 5.99. The molecule has 1 saturated heterocycles. The first-order valence-electron chi connectivity index (χ1n) is 7.49. The summed E-state index contributed by atoms with van der Waals surface area (Å²) in [5, 5.41) is 2.89. The maximum absolute atomic E-state index is 12.7. The molecule has 4 nitrogen and oxygen atoms in total. The summed E-state index contributed by atoms with van der Waals surface area (Å²) in [6.45, 7) is 7.45. The molecule has 2 amide bonds. The Hall–Kier alpha value is -1.06. The highest BCUT2D eigenvalue weighted by Crippen LogP contribution is 2.38. The lowest BCUT2D eigenvalue weighted by Crippen LogP contribution is -2.55. The molecule has 1 aliphatic carbocycles. The van der Waals surface area contributed by atoms with Crippen LogP contribution in [0.25, 0.3) is 0 Å². The monoisotopic (exact) mass is 266 g/mol. The van der Waals surface area contributed by atoms with Crippen molar-refractivity contribution in [1.29, 1.82) is 0 Å². The molecule has 2 rings (SSSR count). The van der Waals surface area contributed by atoms with Crippen molar-refractivity contribution in [3.63, 3.8) is 0 Å². The fourth-order valence-corrected chi connectivity index (χ4v) is 3.35. The van der Waals surface area contributed by atoms with Gasteiger partial charge in [-0.15, -0.1) is 0 Å². The van der Waals surface area contributed by atoms with Gasteiger partial charge in [0.2, 0.25) is 11.8 Å². The third-order valence-corrected chi connectivity index (χ3v) is 4.87. The predicted octanol–water partition coefficient (Wildman–Crippen LogP) is 2.08. The van der Waals surface area contributed by atoms with Crippen LogP contribution in [0.3, 0.4) is 0 Å². The molecule has 1 N–H and O–H groups in total. The summed E-state index contributed by atoms with van der Waals surface area (Å²) >= 11 is 0. The van der Waals surface area contributed by atoms with Crippen LogP contribution in [-0.2, 0) is 9.59 Å². The fraction of sp³-hybridized carbons (Fsp3) is 0.867. The average molecular weight is 266 g/mol. The smallest absolute Gasteiger partial charge is 0.248 e. The van der Waals surface area contributed by atoms with Gasteiger partial charge < -0.3 is 10.2 Å². The molecule has 0 aromatic rings. The number of carbonyl (C=O) groups is 2. The van der Waals surface area contributed by atoms with E-state index in [4.69, 9.17) is 0 Å². The fourth-order valence-electron chi connectivity index (χ4n) is 3.35. The molecule has 1 unspecified atom stereocenters. The Bertz CT molecular complexity index is 374. The van der Waals surface area contributed by atoms with E-state index in [1.54, 1.807) is 0 Å². The summed E-state index contributed by atoms with van der Waals surface area (Å²) < 4.78 is 0. The van der Waals surface area contributed by atoms with Crippen molar-refractivity contribution < 1.29 is 9.59 Å². The SMILES string of the molecule is CCC1(C)NC(=O)CCN(CC2(C)CCCC2)C1=O. The number of nitrogens with one attached hydrogen (secondary N) is 1. The first-order valence-corrected chi connectivity index (χ1v) is 7.49. The molecule has 4 heteroatoms. The molecule has 0 spiro atoms. The number of carbonyl (C=O) groups excluding carboxylic acids is 2. The normalized spacial score (nSPS) is 31.2. The molecule has 2 fully saturated rings. The van der Waals surface area contributed by atoms with Crippen molar-refractivity contribution in [2.24, 2.45) is 5.41 Å². The minimum absolute atomic E-state index is 0.00299. The van der Waals surface area contributed by atoms with Gasteiger partial charge in [-0.1, -0.05) is 26.7 Å². The van der Waals surface area contributed by atoms with Gasteiger partial charge in [-0.3, -0.25) is 9.59 Å². The molecule has 0 aromatic carbocycles. The molecule has 2 aliphatic rings. The zero-order valence-electron chi connectivity index (χ0n) is 12.4. The van der Waals surface area contributed by atoms with Gasteiger partial charge in [-0.05, 0) is 31.6 Å². The molecule has 1 atom stereocenters.